The summed E-state index contributed by atoms with van der Waals surface area (Å²) in [6.45, 7) is 3.71. The number of amides is 2. The highest BCUT2D eigenvalue weighted by Crippen LogP contribution is 2.37. The Kier molecular flexibility index (Phi) is 4.40. The van der Waals surface area contributed by atoms with Crippen LogP contribution in [0.3, 0.4) is 0 Å². The molecule has 1 aliphatic rings. The first-order chi connectivity index (χ1) is 9.93. The van der Waals surface area contributed by atoms with Gasteiger partial charge in [0.15, 0.2) is 0 Å². The Balaban J connectivity index is 2.15. The van der Waals surface area contributed by atoms with Gasteiger partial charge in [0, 0.05) is 12.1 Å². The van der Waals surface area contributed by atoms with E-state index in [2.05, 4.69) is 15.3 Å². The minimum absolute atomic E-state index is 0.103. The van der Waals surface area contributed by atoms with Gasteiger partial charge in [-0.15, -0.1) is 0 Å². The van der Waals surface area contributed by atoms with Gasteiger partial charge in [0.1, 0.15) is 17.4 Å². The third kappa shape index (κ3) is 3.48. The molecule has 1 saturated carbocycles. The molecular formula is C14H20N4O3. The standard InChI is InChI=1S/C14H20N4O3/c1-3-7(2)10(11(15)19)17-13(20)9-6-16-12(8-4-5-8)18-14(9)21/h6-8,10H,3-5H2,1-2H3,(H2,15,19)(H,17,20)(H,16,18,21)/t7-,10-/m0/s1. The Morgan fingerprint density at radius 1 is 1.52 bits per heavy atom. The average Bonchev–Trinajstić information content (AvgIpc) is 3.27. The number of hydrogen-bond acceptors (Lipinski definition) is 4. The van der Waals surface area contributed by atoms with Crippen molar-refractivity contribution in [2.45, 2.75) is 45.1 Å². The normalized spacial score (nSPS) is 17.0. The fraction of sp³-hybridized carbons (Fsp3) is 0.571. The Morgan fingerprint density at radius 2 is 2.19 bits per heavy atom. The molecule has 2 atom stereocenters. The molecule has 21 heavy (non-hydrogen) atoms. The summed E-state index contributed by atoms with van der Waals surface area (Å²) in [6.07, 6.45) is 3.96. The molecule has 1 aromatic heterocycles. The van der Waals surface area contributed by atoms with E-state index in [0.29, 0.717) is 18.2 Å². The van der Waals surface area contributed by atoms with E-state index in [1.165, 1.54) is 6.20 Å². The van der Waals surface area contributed by atoms with E-state index in [4.69, 9.17) is 5.73 Å². The van der Waals surface area contributed by atoms with Gasteiger partial charge in [0.05, 0.1) is 0 Å². The predicted molar refractivity (Wildman–Crippen MR) is 76.7 cm³/mol. The van der Waals surface area contributed by atoms with E-state index in [-0.39, 0.29) is 11.5 Å². The second kappa shape index (κ2) is 6.07. The molecule has 1 aliphatic carbocycles. The van der Waals surface area contributed by atoms with Crippen LogP contribution in [0.2, 0.25) is 0 Å². The third-order valence-corrected chi connectivity index (χ3v) is 3.83. The second-order valence-corrected chi connectivity index (χ2v) is 5.52. The number of nitrogens with zero attached hydrogens (tertiary/aromatic N) is 1. The number of primary amides is 1. The second-order valence-electron chi connectivity index (χ2n) is 5.52. The van der Waals surface area contributed by atoms with Gasteiger partial charge in [-0.2, -0.15) is 0 Å². The van der Waals surface area contributed by atoms with Crippen molar-refractivity contribution in [3.8, 4) is 0 Å². The van der Waals surface area contributed by atoms with Gasteiger partial charge in [-0.05, 0) is 18.8 Å². The largest absolute Gasteiger partial charge is 0.368 e. The number of carbonyl (C=O) groups is 2. The fourth-order valence-corrected chi connectivity index (χ4v) is 2.08. The summed E-state index contributed by atoms with van der Waals surface area (Å²) in [7, 11) is 0. The van der Waals surface area contributed by atoms with Crippen molar-refractivity contribution in [1.82, 2.24) is 15.3 Å². The Morgan fingerprint density at radius 3 is 2.67 bits per heavy atom. The Labute approximate surface area is 122 Å². The summed E-state index contributed by atoms with van der Waals surface area (Å²) < 4.78 is 0. The minimum atomic E-state index is -0.801. The summed E-state index contributed by atoms with van der Waals surface area (Å²) in [5.41, 5.74) is 4.70. The topological polar surface area (TPSA) is 118 Å². The van der Waals surface area contributed by atoms with Crippen LogP contribution in [-0.2, 0) is 4.79 Å². The highest BCUT2D eigenvalue weighted by Gasteiger charge is 2.28. The molecular weight excluding hydrogens is 272 g/mol. The average molecular weight is 292 g/mol. The zero-order valence-corrected chi connectivity index (χ0v) is 12.2. The smallest absolute Gasteiger partial charge is 0.263 e. The van der Waals surface area contributed by atoms with Crippen LogP contribution in [0.5, 0.6) is 0 Å². The number of aromatic amines is 1. The van der Waals surface area contributed by atoms with Gasteiger partial charge in [-0.3, -0.25) is 14.4 Å². The molecule has 0 unspecified atom stereocenters. The van der Waals surface area contributed by atoms with Crippen molar-refractivity contribution in [3.05, 3.63) is 27.9 Å². The fourth-order valence-electron chi connectivity index (χ4n) is 2.08. The number of rotatable bonds is 6. The van der Waals surface area contributed by atoms with Crippen LogP contribution in [0.15, 0.2) is 11.0 Å². The van der Waals surface area contributed by atoms with Gasteiger partial charge in [0.2, 0.25) is 5.91 Å². The molecule has 1 fully saturated rings. The predicted octanol–water partition coefficient (Wildman–Crippen LogP) is 0.277. The van der Waals surface area contributed by atoms with E-state index in [9.17, 15) is 14.4 Å². The maximum atomic E-state index is 12.1. The van der Waals surface area contributed by atoms with Crippen molar-refractivity contribution in [1.29, 1.82) is 0 Å². The van der Waals surface area contributed by atoms with Gasteiger partial charge in [0.25, 0.3) is 11.5 Å². The number of nitrogens with one attached hydrogen (secondary N) is 2. The van der Waals surface area contributed by atoms with E-state index in [1.807, 2.05) is 13.8 Å². The van der Waals surface area contributed by atoms with E-state index in [0.717, 1.165) is 12.8 Å². The first-order valence-electron chi connectivity index (χ1n) is 7.13. The van der Waals surface area contributed by atoms with Crippen molar-refractivity contribution in [3.63, 3.8) is 0 Å². The summed E-state index contributed by atoms with van der Waals surface area (Å²) in [5.74, 6) is -0.436. The molecule has 2 rings (SSSR count). The summed E-state index contributed by atoms with van der Waals surface area (Å²) in [5, 5.41) is 2.52. The molecule has 7 nitrogen and oxygen atoms in total. The van der Waals surface area contributed by atoms with Crippen LogP contribution >= 0.6 is 0 Å². The molecule has 2 amide bonds. The molecule has 0 aliphatic heterocycles. The zero-order valence-electron chi connectivity index (χ0n) is 12.2. The van der Waals surface area contributed by atoms with Crippen LogP contribution in [0, 0.1) is 5.92 Å². The molecule has 7 heteroatoms. The summed E-state index contributed by atoms with van der Waals surface area (Å²) in [4.78, 5) is 42.2. The minimum Gasteiger partial charge on any atom is -0.368 e. The summed E-state index contributed by atoms with van der Waals surface area (Å²) >= 11 is 0. The van der Waals surface area contributed by atoms with Crippen LogP contribution in [0.25, 0.3) is 0 Å². The molecule has 0 radical (unpaired) electrons. The summed E-state index contributed by atoms with van der Waals surface area (Å²) in [6, 6.07) is -0.801. The quantitative estimate of drug-likeness (QED) is 0.697. The molecule has 1 heterocycles. The first kappa shape index (κ1) is 15.2. The van der Waals surface area contributed by atoms with Crippen molar-refractivity contribution >= 4 is 11.8 Å². The lowest BCUT2D eigenvalue weighted by Crippen LogP contribution is -2.49. The lowest BCUT2D eigenvalue weighted by Gasteiger charge is -2.20. The van der Waals surface area contributed by atoms with Crippen molar-refractivity contribution in [2.24, 2.45) is 11.7 Å². The van der Waals surface area contributed by atoms with E-state index >= 15 is 0 Å². The van der Waals surface area contributed by atoms with Crippen molar-refractivity contribution in [2.75, 3.05) is 0 Å². The van der Waals surface area contributed by atoms with E-state index < -0.39 is 23.4 Å². The molecule has 0 aromatic carbocycles. The molecule has 0 bridgehead atoms. The Hall–Kier alpha value is -2.18. The highest BCUT2D eigenvalue weighted by molar-refractivity contribution is 5.96. The SMILES string of the molecule is CC[C@H](C)[C@H](NC(=O)c1cnc(C2CC2)[nH]c1=O)C(N)=O. The van der Waals surface area contributed by atoms with Crippen LogP contribution in [-0.4, -0.2) is 27.8 Å². The molecule has 0 spiro atoms. The maximum Gasteiger partial charge on any atom is 0.263 e. The number of hydrogen-bond donors (Lipinski definition) is 3. The lowest BCUT2D eigenvalue weighted by molar-refractivity contribution is -0.120. The molecule has 114 valence electrons. The lowest BCUT2D eigenvalue weighted by atomic mass is 9.98. The van der Waals surface area contributed by atoms with E-state index in [1.54, 1.807) is 0 Å². The number of nitrogens with two attached hydrogens (primary N) is 1. The first-order valence-corrected chi connectivity index (χ1v) is 7.13. The van der Waals surface area contributed by atoms with Gasteiger partial charge >= 0.3 is 0 Å². The molecule has 1 aromatic rings. The number of H-pyrrole nitrogens is 1. The van der Waals surface area contributed by atoms with Gasteiger partial charge in [-0.25, -0.2) is 4.98 Å². The number of aromatic nitrogens is 2. The van der Waals surface area contributed by atoms with Crippen molar-refractivity contribution < 1.29 is 9.59 Å². The maximum absolute atomic E-state index is 12.1. The number of carbonyl (C=O) groups excluding carboxylic acids is 2. The monoisotopic (exact) mass is 292 g/mol. The van der Waals surface area contributed by atoms with Gasteiger partial charge < -0.3 is 16.0 Å². The van der Waals surface area contributed by atoms with Crippen LogP contribution in [0.1, 0.15) is 55.2 Å². The van der Waals surface area contributed by atoms with Crippen LogP contribution in [0.4, 0.5) is 0 Å². The molecule has 4 N–H and O–H groups in total. The third-order valence-electron chi connectivity index (χ3n) is 3.83. The molecule has 0 saturated heterocycles. The Bertz CT molecular complexity index is 606. The van der Waals surface area contributed by atoms with Crippen LogP contribution < -0.4 is 16.6 Å². The highest BCUT2D eigenvalue weighted by atomic mass is 16.2. The van der Waals surface area contributed by atoms with Gasteiger partial charge in [-0.1, -0.05) is 20.3 Å². The zero-order chi connectivity index (χ0) is 15.6.